The Balaban J connectivity index is 1.58. The first-order valence-electron chi connectivity index (χ1n) is 12.9. The molecule has 1 aliphatic heterocycles. The van der Waals surface area contributed by atoms with Gasteiger partial charge in [-0.3, -0.25) is 19.5 Å². The number of aromatic nitrogens is 3. The number of para-hydroxylation sites is 1. The van der Waals surface area contributed by atoms with Crippen LogP contribution in [0, 0.1) is 10.1 Å². The van der Waals surface area contributed by atoms with Crippen LogP contribution in [0.15, 0.2) is 93.3 Å². The molecular formula is C30H23N5O6S2. The van der Waals surface area contributed by atoms with Gasteiger partial charge in [0.15, 0.2) is 10.6 Å². The molecule has 0 radical (unpaired) electrons. The third kappa shape index (κ3) is 4.98. The van der Waals surface area contributed by atoms with Gasteiger partial charge in [-0.2, -0.15) is 5.10 Å². The Kier molecular flexibility index (Phi) is 7.34. The lowest BCUT2D eigenvalue weighted by Gasteiger charge is -2.22. The number of fused-ring (bicyclic) bond motifs is 1. The second kappa shape index (κ2) is 11.3. The number of benzene rings is 2. The number of thiazole rings is 1. The highest BCUT2D eigenvalue weighted by molar-refractivity contribution is 7.10. The van der Waals surface area contributed by atoms with Gasteiger partial charge >= 0.3 is 11.7 Å². The molecule has 4 heterocycles. The molecule has 3 aromatic heterocycles. The van der Waals surface area contributed by atoms with Crippen LogP contribution in [0.2, 0.25) is 0 Å². The number of esters is 1. The normalized spacial score (nSPS) is 14.8. The Bertz CT molecular complexity index is 2090. The van der Waals surface area contributed by atoms with Crippen molar-refractivity contribution in [3.63, 3.8) is 0 Å². The molecule has 0 amide bonds. The molecule has 0 saturated carbocycles. The predicted octanol–water partition coefficient (Wildman–Crippen LogP) is 4.24. The molecule has 1 atom stereocenters. The molecule has 216 valence electrons. The second-order valence-corrected chi connectivity index (χ2v) is 11.4. The Morgan fingerprint density at radius 1 is 1.12 bits per heavy atom. The number of hydrogen-bond donors (Lipinski definition) is 0. The second-order valence-electron chi connectivity index (χ2n) is 9.45. The van der Waals surface area contributed by atoms with E-state index < -0.39 is 16.9 Å². The van der Waals surface area contributed by atoms with E-state index in [0.29, 0.717) is 37.4 Å². The van der Waals surface area contributed by atoms with Crippen LogP contribution in [0.5, 0.6) is 5.75 Å². The summed E-state index contributed by atoms with van der Waals surface area (Å²) < 4.78 is 13.8. The average molecular weight is 614 g/mol. The molecule has 13 heteroatoms. The van der Waals surface area contributed by atoms with E-state index in [2.05, 4.69) is 4.99 Å². The fourth-order valence-corrected chi connectivity index (χ4v) is 6.82. The Morgan fingerprint density at radius 2 is 1.91 bits per heavy atom. The van der Waals surface area contributed by atoms with Crippen molar-refractivity contribution in [1.82, 2.24) is 14.3 Å². The van der Waals surface area contributed by atoms with Crippen molar-refractivity contribution in [2.75, 3.05) is 14.2 Å². The lowest BCUT2D eigenvalue weighted by Crippen LogP contribution is -2.39. The van der Waals surface area contributed by atoms with Crippen molar-refractivity contribution in [3.05, 3.63) is 124 Å². The van der Waals surface area contributed by atoms with Gasteiger partial charge < -0.3 is 9.47 Å². The molecule has 5 aromatic rings. The standard InChI is InChI=1S/C30H23N5O6S2/c1-17-25(29(37)41-3)27(23-10-7-13-42-23)34-28(36)24(43-30(34)31-17)15-19-16-33(20-8-5-4-6-9-20)32-26(19)18-11-12-22(40-2)21(14-18)35(38)39/h4-16,27H,1-3H3/b24-15-/t27-/m0/s1. The van der Waals surface area contributed by atoms with E-state index in [9.17, 15) is 19.7 Å². The smallest absolute Gasteiger partial charge is 0.338 e. The number of rotatable bonds is 7. The summed E-state index contributed by atoms with van der Waals surface area (Å²) in [5, 5.41) is 18.4. The highest BCUT2D eigenvalue weighted by Gasteiger charge is 2.33. The molecule has 2 aromatic carbocycles. The SMILES string of the molecule is COC(=O)C1=C(C)N=c2s/c(=C\c3cn(-c4ccccc4)nc3-c3ccc(OC)c([N+](=O)[O-])c3)c(=O)n2[C@H]1c1cccs1. The van der Waals surface area contributed by atoms with Gasteiger partial charge in [-0.15, -0.1) is 11.3 Å². The highest BCUT2D eigenvalue weighted by Crippen LogP contribution is 2.35. The molecule has 0 fully saturated rings. The Morgan fingerprint density at radius 3 is 2.58 bits per heavy atom. The zero-order valence-corrected chi connectivity index (χ0v) is 24.7. The van der Waals surface area contributed by atoms with Gasteiger partial charge in [0.2, 0.25) is 0 Å². The summed E-state index contributed by atoms with van der Waals surface area (Å²) in [5.74, 6) is -0.432. The summed E-state index contributed by atoms with van der Waals surface area (Å²) in [7, 11) is 2.67. The fraction of sp³-hybridized carbons (Fsp3) is 0.133. The highest BCUT2D eigenvalue weighted by atomic mass is 32.1. The van der Waals surface area contributed by atoms with E-state index in [1.54, 1.807) is 29.9 Å². The van der Waals surface area contributed by atoms with Gasteiger partial charge in [-0.1, -0.05) is 35.6 Å². The first-order valence-corrected chi connectivity index (χ1v) is 14.6. The van der Waals surface area contributed by atoms with E-state index in [0.717, 1.165) is 10.6 Å². The van der Waals surface area contributed by atoms with Crippen molar-refractivity contribution < 1.29 is 19.2 Å². The van der Waals surface area contributed by atoms with Crippen LogP contribution in [-0.4, -0.2) is 39.5 Å². The average Bonchev–Trinajstić information content (AvgIpc) is 3.76. The van der Waals surface area contributed by atoms with Gasteiger partial charge in [-0.05, 0) is 48.7 Å². The first kappa shape index (κ1) is 28.0. The summed E-state index contributed by atoms with van der Waals surface area (Å²) in [4.78, 5) is 44.0. The summed E-state index contributed by atoms with van der Waals surface area (Å²) >= 11 is 2.62. The lowest BCUT2D eigenvalue weighted by molar-refractivity contribution is -0.385. The maximum atomic E-state index is 14.0. The van der Waals surface area contributed by atoms with Crippen molar-refractivity contribution in [2.24, 2.45) is 4.99 Å². The summed E-state index contributed by atoms with van der Waals surface area (Å²) in [6.07, 6.45) is 3.46. The van der Waals surface area contributed by atoms with Crippen LogP contribution in [0.25, 0.3) is 23.0 Å². The maximum absolute atomic E-state index is 14.0. The van der Waals surface area contributed by atoms with Gasteiger partial charge in [0.05, 0.1) is 40.6 Å². The number of nitrogens with zero attached hydrogens (tertiary/aromatic N) is 5. The first-order chi connectivity index (χ1) is 20.8. The van der Waals surface area contributed by atoms with Crippen LogP contribution in [0.3, 0.4) is 0 Å². The van der Waals surface area contributed by atoms with Crippen LogP contribution in [0.1, 0.15) is 23.4 Å². The van der Waals surface area contributed by atoms with E-state index in [1.165, 1.54) is 53.6 Å². The number of ether oxygens (including phenoxy) is 2. The minimum absolute atomic E-state index is 0.122. The molecule has 0 spiro atoms. The van der Waals surface area contributed by atoms with Gasteiger partial charge in [0.1, 0.15) is 11.7 Å². The minimum atomic E-state index is -0.693. The number of carbonyl (C=O) groups is 1. The van der Waals surface area contributed by atoms with Crippen molar-refractivity contribution in [1.29, 1.82) is 0 Å². The topological polar surface area (TPSA) is 131 Å². The van der Waals surface area contributed by atoms with E-state index in [-0.39, 0.29) is 17.0 Å². The van der Waals surface area contributed by atoms with E-state index in [4.69, 9.17) is 14.6 Å². The summed E-state index contributed by atoms with van der Waals surface area (Å²) in [6.45, 7) is 1.72. The van der Waals surface area contributed by atoms with Crippen LogP contribution in [0.4, 0.5) is 5.69 Å². The molecule has 0 N–H and O–H groups in total. The number of carbonyl (C=O) groups excluding carboxylic acids is 1. The van der Waals surface area contributed by atoms with E-state index >= 15 is 0 Å². The number of thiophene rings is 1. The molecular weight excluding hydrogens is 590 g/mol. The van der Waals surface area contributed by atoms with Crippen molar-refractivity contribution >= 4 is 40.4 Å². The van der Waals surface area contributed by atoms with Crippen LogP contribution >= 0.6 is 22.7 Å². The van der Waals surface area contributed by atoms with Crippen LogP contribution < -0.4 is 19.6 Å². The minimum Gasteiger partial charge on any atom is -0.490 e. The van der Waals surface area contributed by atoms with Crippen molar-refractivity contribution in [2.45, 2.75) is 13.0 Å². The quantitative estimate of drug-likeness (QED) is 0.152. The summed E-state index contributed by atoms with van der Waals surface area (Å²) in [6, 6.07) is 17.0. The van der Waals surface area contributed by atoms with Gasteiger partial charge in [-0.25, -0.2) is 14.5 Å². The molecule has 0 aliphatic carbocycles. The third-order valence-corrected chi connectivity index (χ3v) is 8.85. The molecule has 43 heavy (non-hydrogen) atoms. The number of allylic oxidation sites excluding steroid dienone is 1. The Labute approximate surface area is 252 Å². The van der Waals surface area contributed by atoms with Gasteiger partial charge in [0, 0.05) is 28.3 Å². The number of nitro benzene ring substituents is 1. The predicted molar refractivity (Wildman–Crippen MR) is 162 cm³/mol. The number of hydrogen-bond acceptors (Lipinski definition) is 10. The molecule has 6 rings (SSSR count). The molecule has 0 saturated heterocycles. The molecule has 0 unspecified atom stereocenters. The van der Waals surface area contributed by atoms with Gasteiger partial charge in [0.25, 0.3) is 5.56 Å². The zero-order chi connectivity index (χ0) is 30.2. The molecule has 0 bridgehead atoms. The number of nitro groups is 1. The maximum Gasteiger partial charge on any atom is 0.338 e. The largest absolute Gasteiger partial charge is 0.490 e. The number of methoxy groups -OCH3 is 2. The fourth-order valence-electron chi connectivity index (χ4n) is 4.96. The third-order valence-electron chi connectivity index (χ3n) is 6.94. The monoisotopic (exact) mass is 613 g/mol. The van der Waals surface area contributed by atoms with Crippen LogP contribution in [-0.2, 0) is 9.53 Å². The Hall–Kier alpha value is -5.14. The molecule has 1 aliphatic rings. The zero-order valence-electron chi connectivity index (χ0n) is 23.1. The summed E-state index contributed by atoms with van der Waals surface area (Å²) in [5.41, 5.74) is 2.46. The lowest BCUT2D eigenvalue weighted by atomic mass is 10.0. The van der Waals surface area contributed by atoms with Crippen molar-refractivity contribution in [3.8, 4) is 22.7 Å². The molecule has 11 nitrogen and oxygen atoms in total. The van der Waals surface area contributed by atoms with E-state index in [1.807, 2.05) is 47.8 Å².